The summed E-state index contributed by atoms with van der Waals surface area (Å²) in [5.74, 6) is -1.77. The van der Waals surface area contributed by atoms with E-state index in [1.54, 1.807) is 0 Å². The van der Waals surface area contributed by atoms with Crippen LogP contribution >= 0.6 is 15.9 Å². The van der Waals surface area contributed by atoms with Crippen LogP contribution in [0.25, 0.3) is 0 Å². The second-order valence-corrected chi connectivity index (χ2v) is 6.91. The summed E-state index contributed by atoms with van der Waals surface area (Å²) in [5, 5.41) is 4.91. The maximum absolute atomic E-state index is 13.6. The highest BCUT2D eigenvalue weighted by molar-refractivity contribution is 9.10. The molecule has 1 heterocycles. The van der Waals surface area contributed by atoms with E-state index in [9.17, 15) is 17.6 Å². The number of rotatable bonds is 3. The Balaban J connectivity index is 2.28. The number of esters is 1. The van der Waals surface area contributed by atoms with E-state index in [-0.39, 0.29) is 16.1 Å². The Bertz CT molecular complexity index is 658. The zero-order valence-electron chi connectivity index (χ0n) is 10.8. The Morgan fingerprint density at radius 1 is 1.38 bits per heavy atom. The second kappa shape index (κ2) is 6.39. The minimum Gasteiger partial charge on any atom is -0.459 e. The molecule has 0 bridgehead atoms. The number of carbonyl (C=O) groups is 1. The third-order valence-corrected chi connectivity index (χ3v) is 4.57. The van der Waals surface area contributed by atoms with Crippen LogP contribution in [0.5, 0.6) is 0 Å². The van der Waals surface area contributed by atoms with E-state index in [2.05, 4.69) is 15.9 Å². The average Bonchev–Trinajstić information content (AvgIpc) is 2.38. The van der Waals surface area contributed by atoms with Crippen LogP contribution in [0.15, 0.2) is 21.5 Å². The minimum atomic E-state index is -4.26. The monoisotopic (exact) mass is 381 g/mol. The van der Waals surface area contributed by atoms with E-state index in [1.165, 1.54) is 0 Å². The molecule has 116 valence electrons. The molecule has 2 rings (SSSR count). The summed E-state index contributed by atoms with van der Waals surface area (Å²) in [5.41, 5.74) is -0.0908. The van der Waals surface area contributed by atoms with E-state index in [4.69, 9.17) is 14.6 Å². The zero-order valence-corrected chi connectivity index (χ0v) is 13.2. The zero-order chi connectivity index (χ0) is 15.6. The molecule has 0 amide bonds. The van der Waals surface area contributed by atoms with E-state index in [0.717, 1.165) is 12.1 Å². The van der Waals surface area contributed by atoms with Crippen LogP contribution < -0.4 is 5.14 Å². The highest BCUT2D eigenvalue weighted by Crippen LogP contribution is 2.25. The quantitative estimate of drug-likeness (QED) is 0.801. The van der Waals surface area contributed by atoms with E-state index in [0.29, 0.717) is 26.1 Å². The third-order valence-electron chi connectivity index (χ3n) is 2.99. The number of hydrogen-bond donors (Lipinski definition) is 1. The average molecular weight is 382 g/mol. The number of hydrogen-bond acceptors (Lipinski definition) is 5. The Labute approximate surface area is 129 Å². The summed E-state index contributed by atoms with van der Waals surface area (Å²) in [6.07, 6.45) is 0.820. The first-order valence-electron chi connectivity index (χ1n) is 6.09. The lowest BCUT2D eigenvalue weighted by Gasteiger charge is -2.22. The van der Waals surface area contributed by atoms with Gasteiger partial charge in [-0.3, -0.25) is 0 Å². The molecular weight excluding hydrogens is 369 g/mol. The first-order valence-corrected chi connectivity index (χ1v) is 8.43. The van der Waals surface area contributed by atoms with Gasteiger partial charge in [-0.2, -0.15) is 0 Å². The van der Waals surface area contributed by atoms with E-state index >= 15 is 0 Å². The molecule has 2 N–H and O–H groups in total. The number of halogens is 2. The van der Waals surface area contributed by atoms with Gasteiger partial charge in [-0.25, -0.2) is 22.7 Å². The van der Waals surface area contributed by atoms with Crippen LogP contribution in [0.2, 0.25) is 0 Å². The fourth-order valence-electron chi connectivity index (χ4n) is 1.91. The van der Waals surface area contributed by atoms with Gasteiger partial charge in [-0.05, 0) is 28.1 Å². The molecule has 1 aromatic carbocycles. The summed E-state index contributed by atoms with van der Waals surface area (Å²) in [7, 11) is -4.26. The van der Waals surface area contributed by atoms with Gasteiger partial charge in [0.2, 0.25) is 10.0 Å². The SMILES string of the molecule is NS(=O)(=O)c1cc(C(=O)OC2CCOCC2)c(Br)cc1F. The fourth-order valence-corrected chi connectivity index (χ4v) is 3.00. The molecule has 0 spiro atoms. The number of primary sulfonamides is 1. The van der Waals surface area contributed by atoms with Crippen molar-refractivity contribution >= 4 is 31.9 Å². The summed E-state index contributed by atoms with van der Waals surface area (Å²) < 4.78 is 46.7. The third kappa shape index (κ3) is 4.00. The molecule has 21 heavy (non-hydrogen) atoms. The summed E-state index contributed by atoms with van der Waals surface area (Å²) in [6.45, 7) is 0.982. The highest BCUT2D eigenvalue weighted by atomic mass is 79.9. The number of benzene rings is 1. The van der Waals surface area contributed by atoms with Gasteiger partial charge in [0.25, 0.3) is 0 Å². The van der Waals surface area contributed by atoms with Crippen LogP contribution in [-0.4, -0.2) is 33.7 Å². The van der Waals surface area contributed by atoms with Crippen LogP contribution in [-0.2, 0) is 19.5 Å². The standard InChI is InChI=1S/C12H13BrFNO5S/c13-9-6-10(14)11(21(15,17)18)5-8(9)12(16)20-7-1-3-19-4-2-7/h5-7H,1-4H2,(H2,15,17,18). The second-order valence-electron chi connectivity index (χ2n) is 4.52. The van der Waals surface area contributed by atoms with Gasteiger partial charge in [0.05, 0.1) is 18.8 Å². The molecule has 1 aromatic rings. The lowest BCUT2D eigenvalue weighted by Crippen LogP contribution is -2.26. The number of carbonyl (C=O) groups excluding carboxylic acids is 1. The van der Waals surface area contributed by atoms with Crippen molar-refractivity contribution in [3.8, 4) is 0 Å². The number of ether oxygens (including phenoxy) is 2. The van der Waals surface area contributed by atoms with Crippen molar-refractivity contribution in [2.45, 2.75) is 23.8 Å². The van der Waals surface area contributed by atoms with Crippen molar-refractivity contribution in [1.82, 2.24) is 0 Å². The van der Waals surface area contributed by atoms with Gasteiger partial charge in [-0.1, -0.05) is 0 Å². The first kappa shape index (κ1) is 16.3. The van der Waals surface area contributed by atoms with Crippen LogP contribution in [0.3, 0.4) is 0 Å². The minimum absolute atomic E-state index is 0.0908. The van der Waals surface area contributed by atoms with Crippen molar-refractivity contribution in [3.63, 3.8) is 0 Å². The molecule has 1 aliphatic heterocycles. The van der Waals surface area contributed by atoms with Gasteiger partial charge in [0, 0.05) is 17.3 Å². The molecular formula is C12H13BrFNO5S. The van der Waals surface area contributed by atoms with E-state index in [1.807, 2.05) is 0 Å². The smallest absolute Gasteiger partial charge is 0.339 e. The lowest BCUT2D eigenvalue weighted by molar-refractivity contribution is -0.0160. The number of sulfonamides is 1. The molecule has 0 aliphatic carbocycles. The Morgan fingerprint density at radius 3 is 2.57 bits per heavy atom. The molecule has 1 fully saturated rings. The molecule has 0 atom stereocenters. The summed E-state index contributed by atoms with van der Waals surface area (Å²) in [4.78, 5) is 11.3. The van der Waals surface area contributed by atoms with Crippen LogP contribution in [0.1, 0.15) is 23.2 Å². The fraction of sp³-hybridized carbons (Fsp3) is 0.417. The lowest BCUT2D eigenvalue weighted by atomic mass is 10.1. The van der Waals surface area contributed by atoms with Gasteiger partial charge in [0.1, 0.15) is 16.8 Å². The van der Waals surface area contributed by atoms with Crippen molar-refractivity contribution in [1.29, 1.82) is 0 Å². The Kier molecular flexibility index (Phi) is 4.97. The Morgan fingerprint density at radius 2 is 2.00 bits per heavy atom. The van der Waals surface area contributed by atoms with Crippen molar-refractivity contribution in [3.05, 3.63) is 28.0 Å². The van der Waals surface area contributed by atoms with E-state index < -0.39 is 26.7 Å². The molecule has 6 nitrogen and oxygen atoms in total. The summed E-state index contributed by atoms with van der Waals surface area (Å²) in [6, 6.07) is 1.75. The molecule has 0 unspecified atom stereocenters. The predicted molar refractivity (Wildman–Crippen MR) is 74.7 cm³/mol. The van der Waals surface area contributed by atoms with Gasteiger partial charge in [-0.15, -0.1) is 0 Å². The molecule has 1 aliphatic rings. The van der Waals surface area contributed by atoms with Crippen LogP contribution in [0.4, 0.5) is 4.39 Å². The molecule has 9 heteroatoms. The van der Waals surface area contributed by atoms with Gasteiger partial charge < -0.3 is 9.47 Å². The Hall–Kier alpha value is -1.03. The first-order chi connectivity index (χ1) is 9.79. The largest absolute Gasteiger partial charge is 0.459 e. The van der Waals surface area contributed by atoms with Crippen molar-refractivity contribution in [2.24, 2.45) is 5.14 Å². The normalized spacial score (nSPS) is 16.7. The topological polar surface area (TPSA) is 95.7 Å². The van der Waals surface area contributed by atoms with Gasteiger partial charge in [0.15, 0.2) is 0 Å². The molecule has 1 saturated heterocycles. The molecule has 0 aromatic heterocycles. The maximum Gasteiger partial charge on any atom is 0.339 e. The number of nitrogens with two attached hydrogens (primary N) is 1. The van der Waals surface area contributed by atoms with Crippen LogP contribution in [0, 0.1) is 5.82 Å². The summed E-state index contributed by atoms with van der Waals surface area (Å²) >= 11 is 3.01. The molecule has 0 radical (unpaired) electrons. The predicted octanol–water partition coefficient (Wildman–Crippen LogP) is 1.57. The maximum atomic E-state index is 13.6. The highest BCUT2D eigenvalue weighted by Gasteiger charge is 2.24. The van der Waals surface area contributed by atoms with Crippen molar-refractivity contribution < 1.29 is 27.1 Å². The van der Waals surface area contributed by atoms with Crippen molar-refractivity contribution in [2.75, 3.05) is 13.2 Å². The van der Waals surface area contributed by atoms with Gasteiger partial charge >= 0.3 is 5.97 Å². The molecule has 0 saturated carbocycles.